The van der Waals surface area contributed by atoms with Crippen LogP contribution in [0.5, 0.6) is 0 Å². The van der Waals surface area contributed by atoms with Gasteiger partial charge in [-0.05, 0) is 48.9 Å². The van der Waals surface area contributed by atoms with E-state index < -0.39 is 0 Å². The van der Waals surface area contributed by atoms with Crippen molar-refractivity contribution in [2.75, 3.05) is 6.54 Å². The van der Waals surface area contributed by atoms with Gasteiger partial charge in [-0.3, -0.25) is 0 Å². The lowest BCUT2D eigenvalue weighted by molar-refractivity contribution is 0.495. The second kappa shape index (κ2) is 7.18. The Balaban J connectivity index is 1.34. The molecule has 0 aliphatic heterocycles. The minimum atomic E-state index is 0.701. The first-order valence-corrected chi connectivity index (χ1v) is 8.78. The van der Waals surface area contributed by atoms with Crippen LogP contribution in [0.2, 0.25) is 5.02 Å². The zero-order chi connectivity index (χ0) is 17.1. The van der Waals surface area contributed by atoms with E-state index in [0.29, 0.717) is 11.6 Å². The van der Waals surface area contributed by atoms with Crippen molar-refractivity contribution in [3.05, 3.63) is 83.2 Å². The van der Waals surface area contributed by atoms with Crippen LogP contribution < -0.4 is 5.32 Å². The number of aromatic nitrogens is 1. The minimum absolute atomic E-state index is 0.701. The Hall–Kier alpha value is -2.49. The summed E-state index contributed by atoms with van der Waals surface area (Å²) in [5, 5.41) is 5.44. The van der Waals surface area contributed by atoms with Crippen molar-refractivity contribution in [2.24, 2.45) is 0 Å². The molecule has 0 saturated carbocycles. The van der Waals surface area contributed by atoms with E-state index in [1.54, 1.807) is 0 Å². The molecule has 2 aromatic heterocycles. The van der Waals surface area contributed by atoms with E-state index in [1.165, 1.54) is 16.5 Å². The van der Waals surface area contributed by atoms with Crippen molar-refractivity contribution in [3.8, 4) is 11.3 Å². The average molecular weight is 351 g/mol. The Morgan fingerprint density at radius 1 is 0.960 bits per heavy atom. The standard InChI is InChI=1S/C21H19ClN2O/c22-19-7-3-1-6-18(19)21-10-9-16(25-21)14-23-12-11-15-13-24-20-8-4-2-5-17(15)20/h1-10,13,23-24H,11-12,14H2. The van der Waals surface area contributed by atoms with E-state index in [2.05, 4.69) is 34.7 Å². The Labute approximate surface area is 151 Å². The maximum absolute atomic E-state index is 6.22. The number of fused-ring (bicyclic) bond motifs is 1. The fourth-order valence-corrected chi connectivity index (χ4v) is 3.28. The summed E-state index contributed by atoms with van der Waals surface area (Å²) in [5.41, 5.74) is 3.45. The summed E-state index contributed by atoms with van der Waals surface area (Å²) < 4.78 is 5.90. The third-order valence-electron chi connectivity index (χ3n) is 4.35. The quantitative estimate of drug-likeness (QED) is 0.456. The summed E-state index contributed by atoms with van der Waals surface area (Å²) in [5.74, 6) is 1.72. The normalized spacial score (nSPS) is 11.2. The molecule has 4 aromatic rings. The van der Waals surface area contributed by atoms with Crippen molar-refractivity contribution in [2.45, 2.75) is 13.0 Å². The Kier molecular flexibility index (Phi) is 4.59. The SMILES string of the molecule is Clc1ccccc1-c1ccc(CNCCc2c[nH]c3ccccc23)o1. The zero-order valence-corrected chi connectivity index (χ0v) is 14.5. The molecule has 0 fully saturated rings. The van der Waals surface area contributed by atoms with Gasteiger partial charge in [-0.25, -0.2) is 0 Å². The molecule has 4 rings (SSSR count). The fraction of sp³-hybridized carbons (Fsp3) is 0.143. The van der Waals surface area contributed by atoms with Gasteiger partial charge in [0.05, 0.1) is 11.6 Å². The topological polar surface area (TPSA) is 41.0 Å². The molecule has 4 heteroatoms. The first-order chi connectivity index (χ1) is 12.3. The third-order valence-corrected chi connectivity index (χ3v) is 4.68. The minimum Gasteiger partial charge on any atom is -0.460 e. The number of benzene rings is 2. The molecule has 3 nitrogen and oxygen atoms in total. The second-order valence-corrected chi connectivity index (χ2v) is 6.44. The predicted molar refractivity (Wildman–Crippen MR) is 103 cm³/mol. The lowest BCUT2D eigenvalue weighted by Gasteiger charge is -2.03. The highest BCUT2D eigenvalue weighted by atomic mass is 35.5. The first-order valence-electron chi connectivity index (χ1n) is 8.40. The van der Waals surface area contributed by atoms with Gasteiger partial charge in [0.25, 0.3) is 0 Å². The number of halogens is 1. The van der Waals surface area contributed by atoms with Gasteiger partial charge in [0.15, 0.2) is 0 Å². The highest BCUT2D eigenvalue weighted by Crippen LogP contribution is 2.29. The highest BCUT2D eigenvalue weighted by Gasteiger charge is 2.08. The van der Waals surface area contributed by atoms with Gasteiger partial charge in [-0.15, -0.1) is 0 Å². The number of furan rings is 1. The number of para-hydroxylation sites is 1. The van der Waals surface area contributed by atoms with E-state index in [0.717, 1.165) is 30.0 Å². The van der Waals surface area contributed by atoms with Gasteiger partial charge in [0.2, 0.25) is 0 Å². The second-order valence-electron chi connectivity index (χ2n) is 6.03. The summed E-state index contributed by atoms with van der Waals surface area (Å²) in [6.07, 6.45) is 3.07. The summed E-state index contributed by atoms with van der Waals surface area (Å²) in [4.78, 5) is 3.31. The number of rotatable bonds is 6. The third kappa shape index (κ3) is 3.48. The van der Waals surface area contributed by atoms with Crippen LogP contribution in [-0.4, -0.2) is 11.5 Å². The van der Waals surface area contributed by atoms with E-state index in [1.807, 2.05) is 42.5 Å². The molecule has 0 spiro atoms. The van der Waals surface area contributed by atoms with E-state index in [9.17, 15) is 0 Å². The summed E-state index contributed by atoms with van der Waals surface area (Å²) in [6.45, 7) is 1.59. The van der Waals surface area contributed by atoms with Gasteiger partial charge in [-0.1, -0.05) is 41.9 Å². The molecular formula is C21H19ClN2O. The average Bonchev–Trinajstić information content (AvgIpc) is 3.26. The smallest absolute Gasteiger partial charge is 0.135 e. The Morgan fingerprint density at radius 2 is 1.80 bits per heavy atom. The number of H-pyrrole nitrogens is 1. The fourth-order valence-electron chi connectivity index (χ4n) is 3.05. The predicted octanol–water partition coefficient (Wildman–Crippen LogP) is 5.41. The van der Waals surface area contributed by atoms with Crippen molar-refractivity contribution in [3.63, 3.8) is 0 Å². The van der Waals surface area contributed by atoms with Gasteiger partial charge >= 0.3 is 0 Å². The van der Waals surface area contributed by atoms with Gasteiger partial charge < -0.3 is 14.7 Å². The van der Waals surface area contributed by atoms with Crippen LogP contribution >= 0.6 is 11.6 Å². The number of hydrogen-bond donors (Lipinski definition) is 2. The molecule has 126 valence electrons. The molecule has 0 unspecified atom stereocenters. The molecule has 2 N–H and O–H groups in total. The number of hydrogen-bond acceptors (Lipinski definition) is 2. The van der Waals surface area contributed by atoms with Crippen molar-refractivity contribution in [1.82, 2.24) is 10.3 Å². The zero-order valence-electron chi connectivity index (χ0n) is 13.8. The maximum atomic E-state index is 6.22. The maximum Gasteiger partial charge on any atom is 0.135 e. The molecule has 0 radical (unpaired) electrons. The lowest BCUT2D eigenvalue weighted by atomic mass is 10.1. The van der Waals surface area contributed by atoms with Crippen LogP contribution in [-0.2, 0) is 13.0 Å². The largest absolute Gasteiger partial charge is 0.460 e. The van der Waals surface area contributed by atoms with E-state index in [-0.39, 0.29) is 0 Å². The van der Waals surface area contributed by atoms with Crippen molar-refractivity contribution < 1.29 is 4.42 Å². The number of nitrogens with one attached hydrogen (secondary N) is 2. The van der Waals surface area contributed by atoms with Gasteiger partial charge in [-0.2, -0.15) is 0 Å². The first kappa shape index (κ1) is 16.0. The molecule has 0 aliphatic carbocycles. The van der Waals surface area contributed by atoms with Crippen molar-refractivity contribution >= 4 is 22.5 Å². The molecule has 2 aromatic carbocycles. The van der Waals surface area contributed by atoms with Crippen LogP contribution in [0, 0.1) is 0 Å². The Bertz CT molecular complexity index is 986. The molecule has 0 aliphatic rings. The van der Waals surface area contributed by atoms with Crippen LogP contribution in [0.4, 0.5) is 0 Å². The molecule has 0 amide bonds. The van der Waals surface area contributed by atoms with Crippen LogP contribution in [0.25, 0.3) is 22.2 Å². The summed E-state index contributed by atoms with van der Waals surface area (Å²) in [7, 11) is 0. The lowest BCUT2D eigenvalue weighted by Crippen LogP contribution is -2.16. The highest BCUT2D eigenvalue weighted by molar-refractivity contribution is 6.33. The molecule has 0 bridgehead atoms. The van der Waals surface area contributed by atoms with Crippen LogP contribution in [0.15, 0.2) is 71.3 Å². The molecule has 2 heterocycles. The monoisotopic (exact) mass is 350 g/mol. The van der Waals surface area contributed by atoms with E-state index in [4.69, 9.17) is 16.0 Å². The summed E-state index contributed by atoms with van der Waals surface area (Å²) in [6, 6.07) is 20.1. The molecule has 0 atom stereocenters. The molecule has 25 heavy (non-hydrogen) atoms. The molecule has 0 saturated heterocycles. The van der Waals surface area contributed by atoms with Crippen molar-refractivity contribution in [1.29, 1.82) is 0 Å². The van der Waals surface area contributed by atoms with E-state index >= 15 is 0 Å². The summed E-state index contributed by atoms with van der Waals surface area (Å²) >= 11 is 6.22. The van der Waals surface area contributed by atoms with Gasteiger partial charge in [0.1, 0.15) is 11.5 Å². The van der Waals surface area contributed by atoms with Crippen LogP contribution in [0.1, 0.15) is 11.3 Å². The Morgan fingerprint density at radius 3 is 2.72 bits per heavy atom. The van der Waals surface area contributed by atoms with Gasteiger partial charge in [0, 0.05) is 22.7 Å². The molecular weight excluding hydrogens is 332 g/mol. The van der Waals surface area contributed by atoms with Crippen LogP contribution in [0.3, 0.4) is 0 Å². The number of aromatic amines is 1.